The lowest BCUT2D eigenvalue weighted by molar-refractivity contribution is 0.128. The molecule has 4 nitrogen and oxygen atoms in total. The molecule has 0 aliphatic carbocycles. The first-order chi connectivity index (χ1) is 14.1. The predicted molar refractivity (Wildman–Crippen MR) is 118 cm³/mol. The Morgan fingerprint density at radius 3 is 2.41 bits per heavy atom. The van der Waals surface area contributed by atoms with E-state index in [4.69, 9.17) is 14.2 Å². The van der Waals surface area contributed by atoms with Crippen molar-refractivity contribution < 1.29 is 18.6 Å². The summed E-state index contributed by atoms with van der Waals surface area (Å²) in [7, 11) is 0. The predicted octanol–water partition coefficient (Wildman–Crippen LogP) is 5.86. The van der Waals surface area contributed by atoms with E-state index in [0.717, 1.165) is 61.2 Å². The first-order valence-electron chi connectivity index (χ1n) is 10.2. The second kappa shape index (κ2) is 13.6. The van der Waals surface area contributed by atoms with Gasteiger partial charge < -0.3 is 19.5 Å². The molecule has 2 rings (SSSR count). The molecule has 1 N–H and O–H groups in total. The number of benzene rings is 2. The molecule has 6 heteroatoms. The van der Waals surface area contributed by atoms with Crippen LogP contribution < -0.4 is 14.8 Å². The van der Waals surface area contributed by atoms with E-state index in [-0.39, 0.29) is 5.82 Å². The van der Waals surface area contributed by atoms with E-state index in [1.54, 1.807) is 12.1 Å². The number of ether oxygens (including phenoxy) is 3. The third-order valence-corrected chi connectivity index (χ3v) is 5.06. The van der Waals surface area contributed by atoms with E-state index in [0.29, 0.717) is 24.7 Å². The topological polar surface area (TPSA) is 39.7 Å². The molecule has 2 aromatic rings. The van der Waals surface area contributed by atoms with Crippen molar-refractivity contribution in [2.24, 2.45) is 0 Å². The maximum Gasteiger partial charge on any atom is 0.162 e. The summed E-state index contributed by atoms with van der Waals surface area (Å²) < 4.78 is 31.3. The van der Waals surface area contributed by atoms with E-state index in [9.17, 15) is 4.39 Å². The number of unbranched alkanes of at least 4 members (excludes halogenated alkanes) is 1. The van der Waals surface area contributed by atoms with Gasteiger partial charge >= 0.3 is 0 Å². The van der Waals surface area contributed by atoms with Crippen LogP contribution in [0.5, 0.6) is 11.5 Å². The van der Waals surface area contributed by atoms with Crippen LogP contribution in [0, 0.1) is 5.82 Å². The molecule has 0 fully saturated rings. The second-order valence-corrected chi connectivity index (χ2v) is 7.59. The SMILES string of the molecule is CCCCOCCCNCc1cc(OCC)c(OCc2ccc(F)cc2)cc1Br. The first-order valence-corrected chi connectivity index (χ1v) is 11.0. The van der Waals surface area contributed by atoms with E-state index < -0.39 is 0 Å². The molecule has 0 aromatic heterocycles. The molecule has 2 aromatic carbocycles. The fourth-order valence-electron chi connectivity index (χ4n) is 2.71. The lowest BCUT2D eigenvalue weighted by atomic mass is 10.2. The smallest absolute Gasteiger partial charge is 0.162 e. The number of hydrogen-bond donors (Lipinski definition) is 1. The molecular formula is C23H31BrFNO3. The molecule has 0 unspecified atom stereocenters. The van der Waals surface area contributed by atoms with Crippen LogP contribution in [0.1, 0.15) is 44.2 Å². The van der Waals surface area contributed by atoms with Gasteiger partial charge in [-0.05, 0) is 61.7 Å². The molecule has 160 valence electrons. The summed E-state index contributed by atoms with van der Waals surface area (Å²) in [6.07, 6.45) is 3.27. The lowest BCUT2D eigenvalue weighted by Crippen LogP contribution is -2.17. The van der Waals surface area contributed by atoms with Crippen LogP contribution in [0.4, 0.5) is 4.39 Å². The molecule has 0 atom stereocenters. The van der Waals surface area contributed by atoms with Crippen molar-refractivity contribution in [1.29, 1.82) is 0 Å². The maximum atomic E-state index is 13.1. The van der Waals surface area contributed by atoms with Crippen LogP contribution in [-0.4, -0.2) is 26.4 Å². The zero-order chi connectivity index (χ0) is 20.9. The third kappa shape index (κ3) is 8.72. The molecule has 0 aliphatic rings. The molecule has 0 aliphatic heterocycles. The zero-order valence-electron chi connectivity index (χ0n) is 17.3. The van der Waals surface area contributed by atoms with Crippen LogP contribution in [-0.2, 0) is 17.9 Å². The lowest BCUT2D eigenvalue weighted by Gasteiger charge is -2.15. The minimum Gasteiger partial charge on any atom is -0.490 e. The van der Waals surface area contributed by atoms with Gasteiger partial charge in [0.1, 0.15) is 12.4 Å². The summed E-state index contributed by atoms with van der Waals surface area (Å²) in [6.45, 7) is 8.27. The average molecular weight is 468 g/mol. The first kappa shape index (κ1) is 23.6. The summed E-state index contributed by atoms with van der Waals surface area (Å²) in [5, 5.41) is 3.44. The summed E-state index contributed by atoms with van der Waals surface area (Å²) >= 11 is 3.63. The largest absolute Gasteiger partial charge is 0.490 e. The molecule has 0 saturated heterocycles. The standard InChI is InChI=1S/C23H31BrFNO3/c1-3-5-12-27-13-6-11-26-16-19-14-22(28-4-2)23(15-21(19)24)29-17-18-7-9-20(25)10-8-18/h7-10,14-15,26H,3-6,11-13,16-17H2,1-2H3. The summed E-state index contributed by atoms with van der Waals surface area (Å²) in [5.41, 5.74) is 2.01. The Morgan fingerprint density at radius 2 is 1.69 bits per heavy atom. The van der Waals surface area contributed by atoms with Gasteiger partial charge in [-0.1, -0.05) is 41.4 Å². The van der Waals surface area contributed by atoms with Crippen molar-refractivity contribution in [2.45, 2.75) is 46.3 Å². The number of hydrogen-bond acceptors (Lipinski definition) is 4. The Hall–Kier alpha value is -1.63. The minimum absolute atomic E-state index is 0.254. The van der Waals surface area contributed by atoms with Crippen LogP contribution >= 0.6 is 15.9 Å². The van der Waals surface area contributed by atoms with Crippen LogP contribution in [0.2, 0.25) is 0 Å². The third-order valence-electron chi connectivity index (χ3n) is 4.32. The molecule has 0 amide bonds. The minimum atomic E-state index is -0.254. The summed E-state index contributed by atoms with van der Waals surface area (Å²) in [6, 6.07) is 10.2. The molecule has 0 spiro atoms. The van der Waals surface area contributed by atoms with Crippen molar-refractivity contribution in [3.05, 3.63) is 57.8 Å². The van der Waals surface area contributed by atoms with Crippen molar-refractivity contribution in [3.63, 3.8) is 0 Å². The fourth-order valence-corrected chi connectivity index (χ4v) is 3.17. The number of nitrogens with one attached hydrogen (secondary N) is 1. The van der Waals surface area contributed by atoms with Crippen LogP contribution in [0.25, 0.3) is 0 Å². The molecule has 0 heterocycles. The molecular weight excluding hydrogens is 437 g/mol. The van der Waals surface area contributed by atoms with Gasteiger partial charge in [-0.2, -0.15) is 0 Å². The molecule has 0 radical (unpaired) electrons. The van der Waals surface area contributed by atoms with Crippen molar-refractivity contribution in [3.8, 4) is 11.5 Å². The Balaban J connectivity index is 1.88. The molecule has 0 saturated carbocycles. The van der Waals surface area contributed by atoms with Crippen molar-refractivity contribution in [2.75, 3.05) is 26.4 Å². The number of halogens is 2. The maximum absolute atomic E-state index is 13.1. The Kier molecular flexibility index (Phi) is 11.1. The normalized spacial score (nSPS) is 10.9. The zero-order valence-corrected chi connectivity index (χ0v) is 18.9. The highest BCUT2D eigenvalue weighted by Crippen LogP contribution is 2.34. The Labute approximate surface area is 181 Å². The van der Waals surface area contributed by atoms with Gasteiger partial charge in [-0.15, -0.1) is 0 Å². The van der Waals surface area contributed by atoms with E-state index in [1.165, 1.54) is 12.1 Å². The van der Waals surface area contributed by atoms with Gasteiger partial charge in [0, 0.05) is 24.2 Å². The fraction of sp³-hybridized carbons (Fsp3) is 0.478. The highest BCUT2D eigenvalue weighted by atomic mass is 79.9. The van der Waals surface area contributed by atoms with Crippen LogP contribution in [0.3, 0.4) is 0 Å². The Morgan fingerprint density at radius 1 is 0.966 bits per heavy atom. The molecule has 29 heavy (non-hydrogen) atoms. The van der Waals surface area contributed by atoms with Crippen molar-refractivity contribution >= 4 is 15.9 Å². The van der Waals surface area contributed by atoms with E-state index in [2.05, 4.69) is 28.2 Å². The van der Waals surface area contributed by atoms with Crippen molar-refractivity contribution in [1.82, 2.24) is 5.32 Å². The number of rotatable bonds is 14. The van der Waals surface area contributed by atoms with E-state index >= 15 is 0 Å². The second-order valence-electron chi connectivity index (χ2n) is 6.73. The highest BCUT2D eigenvalue weighted by molar-refractivity contribution is 9.10. The van der Waals surface area contributed by atoms with Gasteiger partial charge in [-0.3, -0.25) is 0 Å². The highest BCUT2D eigenvalue weighted by Gasteiger charge is 2.11. The summed E-state index contributed by atoms with van der Waals surface area (Å²) in [4.78, 5) is 0. The van der Waals surface area contributed by atoms with E-state index in [1.807, 2.05) is 19.1 Å². The quantitative estimate of drug-likeness (QED) is 0.353. The van der Waals surface area contributed by atoms with Gasteiger partial charge in [0.15, 0.2) is 11.5 Å². The molecule has 0 bridgehead atoms. The van der Waals surface area contributed by atoms with Crippen LogP contribution in [0.15, 0.2) is 40.9 Å². The van der Waals surface area contributed by atoms with Gasteiger partial charge in [0.25, 0.3) is 0 Å². The average Bonchev–Trinajstić information content (AvgIpc) is 2.72. The van der Waals surface area contributed by atoms with Gasteiger partial charge in [0.2, 0.25) is 0 Å². The van der Waals surface area contributed by atoms with Gasteiger partial charge in [-0.25, -0.2) is 4.39 Å². The monoisotopic (exact) mass is 467 g/mol. The summed E-state index contributed by atoms with van der Waals surface area (Å²) in [5.74, 6) is 1.12. The Bertz CT molecular complexity index is 725. The van der Waals surface area contributed by atoms with Gasteiger partial charge in [0.05, 0.1) is 6.61 Å².